The van der Waals surface area contributed by atoms with Crippen LogP contribution in [0, 0.1) is 0 Å². The van der Waals surface area contributed by atoms with E-state index in [1.807, 2.05) is 24.3 Å². The molecule has 0 bridgehead atoms. The van der Waals surface area contributed by atoms with Gasteiger partial charge in [-0.05, 0) is 11.5 Å². The molecular formula is C14H14N2O2. The summed E-state index contributed by atoms with van der Waals surface area (Å²) in [5.74, 6) is 0.00127. The Labute approximate surface area is 105 Å². The van der Waals surface area contributed by atoms with Gasteiger partial charge >= 0.3 is 5.97 Å². The molecule has 4 heteroatoms. The van der Waals surface area contributed by atoms with Crippen molar-refractivity contribution in [2.24, 2.45) is 0 Å². The van der Waals surface area contributed by atoms with E-state index in [1.165, 1.54) is 18.0 Å². The normalized spacial score (nSPS) is 10.6. The Morgan fingerprint density at radius 1 is 1.11 bits per heavy atom. The summed E-state index contributed by atoms with van der Waals surface area (Å²) in [6.45, 7) is 4.26. The number of carboxylic acids is 1. The SMILES string of the molecule is CC(C)c1ccc(-c2ncc(C(=O)O)cn2)cc1. The molecule has 1 heterocycles. The molecule has 0 saturated heterocycles. The van der Waals surface area contributed by atoms with Gasteiger partial charge in [-0.1, -0.05) is 38.1 Å². The first-order chi connectivity index (χ1) is 8.58. The van der Waals surface area contributed by atoms with Gasteiger partial charge in [0.2, 0.25) is 0 Å². The van der Waals surface area contributed by atoms with Gasteiger partial charge in [-0.3, -0.25) is 0 Å². The number of rotatable bonds is 3. The molecule has 1 aromatic carbocycles. The smallest absolute Gasteiger partial charge is 0.338 e. The molecule has 0 radical (unpaired) electrons. The van der Waals surface area contributed by atoms with Gasteiger partial charge in [0.25, 0.3) is 0 Å². The molecule has 0 unspecified atom stereocenters. The average Bonchev–Trinajstić information content (AvgIpc) is 2.39. The second-order valence-corrected chi connectivity index (χ2v) is 4.38. The Hall–Kier alpha value is -2.23. The predicted octanol–water partition coefficient (Wildman–Crippen LogP) is 2.97. The fraction of sp³-hybridized carbons (Fsp3) is 0.214. The van der Waals surface area contributed by atoms with Crippen LogP contribution in [0.1, 0.15) is 35.7 Å². The molecule has 0 saturated carbocycles. The number of nitrogens with zero attached hydrogens (tertiary/aromatic N) is 2. The lowest BCUT2D eigenvalue weighted by molar-refractivity contribution is 0.0696. The van der Waals surface area contributed by atoms with Crippen molar-refractivity contribution in [3.63, 3.8) is 0 Å². The molecule has 0 aliphatic carbocycles. The van der Waals surface area contributed by atoms with Crippen molar-refractivity contribution >= 4 is 5.97 Å². The third-order valence-electron chi connectivity index (χ3n) is 2.73. The Morgan fingerprint density at radius 2 is 1.67 bits per heavy atom. The summed E-state index contributed by atoms with van der Waals surface area (Å²) in [5.41, 5.74) is 2.23. The largest absolute Gasteiger partial charge is 0.478 e. The summed E-state index contributed by atoms with van der Waals surface area (Å²) < 4.78 is 0. The highest BCUT2D eigenvalue weighted by molar-refractivity contribution is 5.86. The van der Waals surface area contributed by atoms with E-state index in [4.69, 9.17) is 5.11 Å². The quantitative estimate of drug-likeness (QED) is 0.898. The Bertz CT molecular complexity index is 545. The van der Waals surface area contributed by atoms with Crippen LogP contribution >= 0.6 is 0 Å². The molecule has 92 valence electrons. The summed E-state index contributed by atoms with van der Waals surface area (Å²) in [6, 6.07) is 7.97. The highest BCUT2D eigenvalue weighted by atomic mass is 16.4. The van der Waals surface area contributed by atoms with Gasteiger partial charge in [0.1, 0.15) is 0 Å². The van der Waals surface area contributed by atoms with Gasteiger partial charge in [0.05, 0.1) is 5.56 Å². The van der Waals surface area contributed by atoms with Crippen LogP contribution in [-0.4, -0.2) is 21.0 Å². The zero-order chi connectivity index (χ0) is 13.1. The van der Waals surface area contributed by atoms with Gasteiger partial charge in [-0.2, -0.15) is 0 Å². The highest BCUT2D eigenvalue weighted by Gasteiger charge is 2.06. The average molecular weight is 242 g/mol. The first-order valence-electron chi connectivity index (χ1n) is 5.73. The molecule has 0 aliphatic rings. The van der Waals surface area contributed by atoms with Crippen molar-refractivity contribution in [3.05, 3.63) is 47.8 Å². The van der Waals surface area contributed by atoms with E-state index >= 15 is 0 Å². The zero-order valence-corrected chi connectivity index (χ0v) is 10.3. The van der Waals surface area contributed by atoms with Crippen molar-refractivity contribution in [1.29, 1.82) is 0 Å². The van der Waals surface area contributed by atoms with Crippen LogP contribution in [0.5, 0.6) is 0 Å². The number of benzene rings is 1. The molecular weight excluding hydrogens is 228 g/mol. The molecule has 2 aromatic rings. The van der Waals surface area contributed by atoms with Gasteiger partial charge in [0.15, 0.2) is 5.82 Å². The fourth-order valence-corrected chi connectivity index (χ4v) is 1.60. The van der Waals surface area contributed by atoms with Crippen LogP contribution in [0.4, 0.5) is 0 Å². The zero-order valence-electron chi connectivity index (χ0n) is 10.3. The van der Waals surface area contributed by atoms with Crippen molar-refractivity contribution in [2.45, 2.75) is 19.8 Å². The summed E-state index contributed by atoms with van der Waals surface area (Å²) in [4.78, 5) is 18.8. The Morgan fingerprint density at radius 3 is 2.11 bits per heavy atom. The van der Waals surface area contributed by atoms with Crippen LogP contribution in [0.3, 0.4) is 0 Å². The van der Waals surface area contributed by atoms with Crippen LogP contribution < -0.4 is 0 Å². The minimum atomic E-state index is -1.02. The molecule has 0 amide bonds. The third kappa shape index (κ3) is 2.53. The summed E-state index contributed by atoms with van der Waals surface area (Å²) in [7, 11) is 0. The minimum Gasteiger partial charge on any atom is -0.478 e. The fourth-order valence-electron chi connectivity index (χ4n) is 1.60. The van der Waals surface area contributed by atoms with Crippen LogP contribution in [-0.2, 0) is 0 Å². The lowest BCUT2D eigenvalue weighted by atomic mass is 10.0. The second-order valence-electron chi connectivity index (χ2n) is 4.38. The summed E-state index contributed by atoms with van der Waals surface area (Å²) in [6.07, 6.45) is 2.64. The predicted molar refractivity (Wildman–Crippen MR) is 68.5 cm³/mol. The van der Waals surface area contributed by atoms with E-state index in [1.54, 1.807) is 0 Å². The van der Waals surface area contributed by atoms with Crippen LogP contribution in [0.25, 0.3) is 11.4 Å². The van der Waals surface area contributed by atoms with Crippen molar-refractivity contribution < 1.29 is 9.90 Å². The Kier molecular flexibility index (Phi) is 3.37. The second kappa shape index (κ2) is 4.96. The van der Waals surface area contributed by atoms with Crippen LogP contribution in [0.2, 0.25) is 0 Å². The van der Waals surface area contributed by atoms with Crippen molar-refractivity contribution in [3.8, 4) is 11.4 Å². The van der Waals surface area contributed by atoms with E-state index in [2.05, 4.69) is 23.8 Å². The topological polar surface area (TPSA) is 63.1 Å². The van der Waals surface area contributed by atoms with Crippen LogP contribution in [0.15, 0.2) is 36.7 Å². The highest BCUT2D eigenvalue weighted by Crippen LogP contribution is 2.19. The molecule has 0 aliphatic heterocycles. The van der Waals surface area contributed by atoms with E-state index in [0.29, 0.717) is 11.7 Å². The van der Waals surface area contributed by atoms with Gasteiger partial charge in [-0.15, -0.1) is 0 Å². The van der Waals surface area contributed by atoms with Gasteiger partial charge in [-0.25, -0.2) is 14.8 Å². The Balaban J connectivity index is 2.28. The summed E-state index contributed by atoms with van der Waals surface area (Å²) in [5, 5.41) is 8.76. The van der Waals surface area contributed by atoms with E-state index in [-0.39, 0.29) is 5.56 Å². The molecule has 0 fully saturated rings. The maximum absolute atomic E-state index is 10.7. The minimum absolute atomic E-state index is 0.0950. The molecule has 2 rings (SSSR count). The number of aromatic nitrogens is 2. The molecule has 1 aromatic heterocycles. The first-order valence-corrected chi connectivity index (χ1v) is 5.73. The lowest BCUT2D eigenvalue weighted by Crippen LogP contribution is -1.99. The number of carboxylic acid groups (broad SMARTS) is 1. The van der Waals surface area contributed by atoms with Crippen molar-refractivity contribution in [1.82, 2.24) is 9.97 Å². The number of carbonyl (C=O) groups is 1. The lowest BCUT2D eigenvalue weighted by Gasteiger charge is -2.06. The molecule has 0 spiro atoms. The monoisotopic (exact) mass is 242 g/mol. The van der Waals surface area contributed by atoms with Gasteiger partial charge in [0, 0.05) is 18.0 Å². The summed E-state index contributed by atoms with van der Waals surface area (Å²) >= 11 is 0. The number of aromatic carboxylic acids is 1. The maximum Gasteiger partial charge on any atom is 0.338 e. The molecule has 4 nitrogen and oxygen atoms in total. The number of hydrogen-bond donors (Lipinski definition) is 1. The van der Waals surface area contributed by atoms with Gasteiger partial charge < -0.3 is 5.11 Å². The standard InChI is InChI=1S/C14H14N2O2/c1-9(2)10-3-5-11(6-4-10)13-15-7-12(8-16-13)14(17)18/h3-9H,1-2H3,(H,17,18). The molecule has 18 heavy (non-hydrogen) atoms. The maximum atomic E-state index is 10.7. The molecule has 1 N–H and O–H groups in total. The molecule has 0 atom stereocenters. The van der Waals surface area contributed by atoms with E-state index in [0.717, 1.165) is 5.56 Å². The third-order valence-corrected chi connectivity index (χ3v) is 2.73. The van der Waals surface area contributed by atoms with E-state index < -0.39 is 5.97 Å². The van der Waals surface area contributed by atoms with E-state index in [9.17, 15) is 4.79 Å². The number of hydrogen-bond acceptors (Lipinski definition) is 3. The van der Waals surface area contributed by atoms with Crippen molar-refractivity contribution in [2.75, 3.05) is 0 Å². The first kappa shape index (κ1) is 12.2.